The molecule has 1 unspecified atom stereocenters. The van der Waals surface area contributed by atoms with Crippen molar-refractivity contribution in [3.63, 3.8) is 0 Å². The molecule has 0 fully saturated rings. The number of hydrogen-bond acceptors (Lipinski definition) is 4. The Morgan fingerprint density at radius 3 is 2.59 bits per heavy atom. The summed E-state index contributed by atoms with van der Waals surface area (Å²) < 4.78 is 11.2. The number of thiophene rings is 1. The fourth-order valence-electron chi connectivity index (χ4n) is 1.46. The lowest BCUT2D eigenvalue weighted by atomic mass is 10.2. The Hall–Kier alpha value is -0.420. The molecule has 1 rings (SSSR count). The molecule has 1 atom stereocenters. The van der Waals surface area contributed by atoms with Gasteiger partial charge in [-0.1, -0.05) is 13.8 Å². The van der Waals surface area contributed by atoms with Crippen LogP contribution in [0.3, 0.4) is 0 Å². The summed E-state index contributed by atoms with van der Waals surface area (Å²) in [5, 5.41) is 0. The minimum atomic E-state index is 0.0105. The molecule has 98 valence electrons. The average Bonchev–Trinajstić information content (AvgIpc) is 2.70. The molecule has 0 aromatic carbocycles. The summed E-state index contributed by atoms with van der Waals surface area (Å²) in [5.74, 6) is 0.570. The van der Waals surface area contributed by atoms with Gasteiger partial charge in [-0.15, -0.1) is 11.3 Å². The van der Waals surface area contributed by atoms with Gasteiger partial charge in [0.25, 0.3) is 0 Å². The molecule has 0 saturated carbocycles. The van der Waals surface area contributed by atoms with E-state index in [4.69, 9.17) is 15.2 Å². The van der Waals surface area contributed by atoms with Crippen LogP contribution in [-0.4, -0.2) is 26.4 Å². The zero-order chi connectivity index (χ0) is 12.7. The first kappa shape index (κ1) is 14.6. The summed E-state index contributed by atoms with van der Waals surface area (Å²) in [7, 11) is 0. The lowest BCUT2D eigenvalue weighted by molar-refractivity contribution is 0.00306. The van der Waals surface area contributed by atoms with Crippen molar-refractivity contribution in [1.29, 1.82) is 0 Å². The largest absolute Gasteiger partial charge is 0.379 e. The topological polar surface area (TPSA) is 44.5 Å². The van der Waals surface area contributed by atoms with E-state index in [0.717, 1.165) is 6.61 Å². The molecule has 2 N–H and O–H groups in total. The van der Waals surface area contributed by atoms with Crippen LogP contribution in [0, 0.1) is 12.8 Å². The predicted octanol–water partition coefficient (Wildman–Crippen LogP) is 2.75. The minimum Gasteiger partial charge on any atom is -0.379 e. The van der Waals surface area contributed by atoms with Crippen LogP contribution in [0.5, 0.6) is 0 Å². The molecule has 0 aliphatic rings. The molecular formula is C13H23NO2S. The Morgan fingerprint density at radius 2 is 2.06 bits per heavy atom. The summed E-state index contributed by atoms with van der Waals surface area (Å²) in [6.07, 6.45) is 0.0105. The molecule has 17 heavy (non-hydrogen) atoms. The molecule has 0 radical (unpaired) electrons. The van der Waals surface area contributed by atoms with Crippen LogP contribution in [0.15, 0.2) is 12.1 Å². The van der Waals surface area contributed by atoms with E-state index in [-0.39, 0.29) is 6.10 Å². The van der Waals surface area contributed by atoms with Crippen LogP contribution >= 0.6 is 11.3 Å². The van der Waals surface area contributed by atoms with Crippen molar-refractivity contribution in [1.82, 2.24) is 0 Å². The Kier molecular flexibility index (Phi) is 6.73. The van der Waals surface area contributed by atoms with Crippen LogP contribution in [0.1, 0.15) is 29.7 Å². The molecule has 4 heteroatoms. The third kappa shape index (κ3) is 5.64. The maximum atomic E-state index is 5.73. The van der Waals surface area contributed by atoms with E-state index >= 15 is 0 Å². The molecular weight excluding hydrogens is 234 g/mol. The van der Waals surface area contributed by atoms with Gasteiger partial charge < -0.3 is 15.2 Å². The third-order valence-electron chi connectivity index (χ3n) is 2.29. The first-order valence-corrected chi connectivity index (χ1v) is 6.91. The Labute approximate surface area is 108 Å². The van der Waals surface area contributed by atoms with Crippen molar-refractivity contribution in [2.45, 2.75) is 26.9 Å². The summed E-state index contributed by atoms with van der Waals surface area (Å²) >= 11 is 1.74. The van der Waals surface area contributed by atoms with E-state index in [2.05, 4.69) is 32.9 Å². The lowest BCUT2D eigenvalue weighted by Gasteiger charge is -2.15. The van der Waals surface area contributed by atoms with Crippen LogP contribution < -0.4 is 5.73 Å². The molecule has 0 spiro atoms. The Balaban J connectivity index is 2.24. The number of aryl methyl sites for hydroxylation is 1. The van der Waals surface area contributed by atoms with Gasteiger partial charge in [0.1, 0.15) is 6.10 Å². The van der Waals surface area contributed by atoms with Gasteiger partial charge in [-0.2, -0.15) is 0 Å². The summed E-state index contributed by atoms with van der Waals surface area (Å²) in [6, 6.07) is 4.19. The molecule has 1 aromatic rings. The van der Waals surface area contributed by atoms with Crippen LogP contribution in [0.25, 0.3) is 0 Å². The van der Waals surface area contributed by atoms with Crippen LogP contribution in [-0.2, 0) is 9.47 Å². The smallest absolute Gasteiger partial charge is 0.104 e. The maximum Gasteiger partial charge on any atom is 0.104 e. The average molecular weight is 257 g/mol. The van der Waals surface area contributed by atoms with Crippen LogP contribution in [0.2, 0.25) is 0 Å². The zero-order valence-corrected chi connectivity index (χ0v) is 11.8. The zero-order valence-electron chi connectivity index (χ0n) is 10.9. The van der Waals surface area contributed by atoms with Crippen molar-refractivity contribution < 1.29 is 9.47 Å². The third-order valence-corrected chi connectivity index (χ3v) is 3.38. The normalized spacial score (nSPS) is 13.2. The van der Waals surface area contributed by atoms with Gasteiger partial charge in [-0.25, -0.2) is 0 Å². The second-order valence-electron chi connectivity index (χ2n) is 4.51. The molecule has 3 nitrogen and oxygen atoms in total. The van der Waals surface area contributed by atoms with Crippen LogP contribution in [0.4, 0.5) is 0 Å². The SMILES string of the molecule is Cc1ccc(C(CN)OCCOCC(C)C)s1. The van der Waals surface area contributed by atoms with E-state index in [9.17, 15) is 0 Å². The van der Waals surface area contributed by atoms with E-state index in [0.29, 0.717) is 25.7 Å². The molecule has 0 aliphatic carbocycles. The molecule has 0 bridgehead atoms. The van der Waals surface area contributed by atoms with Gasteiger partial charge in [0.15, 0.2) is 0 Å². The van der Waals surface area contributed by atoms with Gasteiger partial charge in [0.05, 0.1) is 13.2 Å². The minimum absolute atomic E-state index is 0.0105. The number of rotatable bonds is 8. The van der Waals surface area contributed by atoms with Gasteiger partial charge in [0.2, 0.25) is 0 Å². The van der Waals surface area contributed by atoms with Crippen molar-refractivity contribution in [3.05, 3.63) is 21.9 Å². The van der Waals surface area contributed by atoms with E-state index in [1.165, 1.54) is 9.75 Å². The Morgan fingerprint density at radius 1 is 1.29 bits per heavy atom. The van der Waals surface area contributed by atoms with E-state index in [1.54, 1.807) is 11.3 Å². The first-order chi connectivity index (χ1) is 8.13. The van der Waals surface area contributed by atoms with Crippen molar-refractivity contribution in [3.8, 4) is 0 Å². The molecule has 0 aliphatic heterocycles. The maximum absolute atomic E-state index is 5.73. The van der Waals surface area contributed by atoms with E-state index in [1.807, 2.05) is 0 Å². The quantitative estimate of drug-likeness (QED) is 0.728. The standard InChI is InChI=1S/C13H23NO2S/c1-10(2)9-15-6-7-16-12(8-14)13-5-4-11(3)17-13/h4-5,10,12H,6-9,14H2,1-3H3. The van der Waals surface area contributed by atoms with Gasteiger partial charge in [0, 0.05) is 22.9 Å². The fraction of sp³-hybridized carbons (Fsp3) is 0.692. The van der Waals surface area contributed by atoms with E-state index < -0.39 is 0 Å². The second-order valence-corrected chi connectivity index (χ2v) is 5.83. The monoisotopic (exact) mass is 257 g/mol. The summed E-state index contributed by atoms with van der Waals surface area (Å²) in [6.45, 7) is 8.91. The molecule has 0 saturated heterocycles. The predicted molar refractivity (Wildman–Crippen MR) is 72.5 cm³/mol. The number of ether oxygens (including phenoxy) is 2. The van der Waals surface area contributed by atoms with Crippen molar-refractivity contribution in [2.75, 3.05) is 26.4 Å². The highest BCUT2D eigenvalue weighted by Gasteiger charge is 2.11. The highest BCUT2D eigenvalue weighted by atomic mass is 32.1. The number of hydrogen-bond donors (Lipinski definition) is 1. The summed E-state index contributed by atoms with van der Waals surface area (Å²) in [5.41, 5.74) is 5.72. The lowest BCUT2D eigenvalue weighted by Crippen LogP contribution is -2.17. The van der Waals surface area contributed by atoms with Gasteiger partial charge >= 0.3 is 0 Å². The molecule has 1 heterocycles. The van der Waals surface area contributed by atoms with Gasteiger partial charge in [-0.3, -0.25) is 0 Å². The van der Waals surface area contributed by atoms with Crippen molar-refractivity contribution >= 4 is 11.3 Å². The highest BCUT2D eigenvalue weighted by Crippen LogP contribution is 2.24. The van der Waals surface area contributed by atoms with Gasteiger partial charge in [-0.05, 0) is 25.0 Å². The fourth-order valence-corrected chi connectivity index (χ4v) is 2.40. The van der Waals surface area contributed by atoms with Crippen molar-refractivity contribution in [2.24, 2.45) is 11.7 Å². The molecule has 1 aromatic heterocycles. The number of nitrogens with two attached hydrogens (primary N) is 1. The Bertz CT molecular complexity index is 312. The molecule has 0 amide bonds. The highest BCUT2D eigenvalue weighted by molar-refractivity contribution is 7.12. The summed E-state index contributed by atoms with van der Waals surface area (Å²) in [4.78, 5) is 2.49. The second kappa shape index (κ2) is 7.82. The first-order valence-electron chi connectivity index (χ1n) is 6.09.